The van der Waals surface area contributed by atoms with Crippen LogP contribution in [-0.2, 0) is 0 Å². The molecule has 0 bridgehead atoms. The number of rotatable bonds is 2. The number of hydrogen-bond donors (Lipinski definition) is 1. The number of aliphatic hydroxyl groups is 1. The smallest absolute Gasteiger partial charge is 0.137 e. The van der Waals surface area contributed by atoms with Crippen molar-refractivity contribution in [1.29, 1.82) is 0 Å². The highest BCUT2D eigenvalue weighted by molar-refractivity contribution is 5.41. The number of nitrogens with zero attached hydrogens (tertiary/aromatic N) is 2. The van der Waals surface area contributed by atoms with E-state index in [4.69, 9.17) is 0 Å². The minimum atomic E-state index is -0.921. The highest BCUT2D eigenvalue weighted by atomic mass is 19.1. The summed E-state index contributed by atoms with van der Waals surface area (Å²) in [6, 6.07) is 10.3. The summed E-state index contributed by atoms with van der Waals surface area (Å²) in [4.78, 5) is 4.33. The summed E-state index contributed by atoms with van der Waals surface area (Å²) in [5.74, 6) is -0.319. The van der Waals surface area contributed by atoms with E-state index in [-0.39, 0.29) is 5.82 Å². The molecule has 96 valence electrons. The van der Waals surface area contributed by atoms with Crippen LogP contribution in [0.4, 0.5) is 4.39 Å². The molecular weight excluding hydrogens is 243 g/mol. The molecule has 0 saturated carbocycles. The third kappa shape index (κ3) is 2.11. The van der Waals surface area contributed by atoms with Crippen molar-refractivity contribution in [2.75, 3.05) is 0 Å². The first kappa shape index (κ1) is 11.9. The second-order valence-electron chi connectivity index (χ2n) is 4.54. The maximum absolute atomic E-state index is 13.5. The average molecular weight is 256 g/mol. The van der Waals surface area contributed by atoms with Gasteiger partial charge in [0.05, 0.1) is 5.69 Å². The lowest BCUT2D eigenvalue weighted by molar-refractivity contribution is 0.215. The van der Waals surface area contributed by atoms with E-state index in [2.05, 4.69) is 4.98 Å². The fourth-order valence-electron chi connectivity index (χ4n) is 2.04. The molecule has 4 heteroatoms. The van der Waals surface area contributed by atoms with Gasteiger partial charge >= 0.3 is 0 Å². The van der Waals surface area contributed by atoms with Crippen LogP contribution >= 0.6 is 0 Å². The first-order chi connectivity index (χ1) is 9.15. The van der Waals surface area contributed by atoms with Crippen molar-refractivity contribution in [3.63, 3.8) is 0 Å². The third-order valence-electron chi connectivity index (χ3n) is 3.17. The molecule has 0 amide bonds. The maximum atomic E-state index is 13.5. The molecule has 0 radical (unpaired) electrons. The van der Waals surface area contributed by atoms with Crippen LogP contribution in [0.2, 0.25) is 0 Å². The van der Waals surface area contributed by atoms with Gasteiger partial charge in [-0.05, 0) is 36.2 Å². The van der Waals surface area contributed by atoms with Crippen LogP contribution in [0.3, 0.4) is 0 Å². The average Bonchev–Trinajstić information content (AvgIpc) is 2.85. The molecule has 0 aliphatic heterocycles. The summed E-state index contributed by atoms with van der Waals surface area (Å²) in [6.45, 7) is 1.69. The number of benzene rings is 1. The zero-order valence-corrected chi connectivity index (χ0v) is 10.4. The molecule has 0 aliphatic carbocycles. The lowest BCUT2D eigenvalue weighted by Gasteiger charge is -2.08. The molecule has 1 atom stereocenters. The van der Waals surface area contributed by atoms with E-state index in [1.807, 2.05) is 28.8 Å². The minimum Gasteiger partial charge on any atom is -0.382 e. The monoisotopic (exact) mass is 256 g/mol. The van der Waals surface area contributed by atoms with Crippen LogP contribution < -0.4 is 0 Å². The molecule has 3 aromatic rings. The van der Waals surface area contributed by atoms with Crippen LogP contribution in [0.15, 0.2) is 48.8 Å². The fourth-order valence-corrected chi connectivity index (χ4v) is 2.04. The molecular formula is C15H13FN2O. The maximum Gasteiger partial charge on any atom is 0.137 e. The summed E-state index contributed by atoms with van der Waals surface area (Å²) in [6.07, 6.45) is 2.68. The lowest BCUT2D eigenvalue weighted by atomic mass is 10.1. The van der Waals surface area contributed by atoms with Gasteiger partial charge in [-0.1, -0.05) is 18.2 Å². The highest BCUT2D eigenvalue weighted by Gasteiger charge is 2.15. The van der Waals surface area contributed by atoms with E-state index in [1.165, 1.54) is 6.07 Å². The first-order valence-electron chi connectivity index (χ1n) is 6.03. The van der Waals surface area contributed by atoms with E-state index in [9.17, 15) is 9.50 Å². The quantitative estimate of drug-likeness (QED) is 0.765. The predicted molar refractivity (Wildman–Crippen MR) is 70.4 cm³/mol. The molecule has 2 heterocycles. The summed E-state index contributed by atoms with van der Waals surface area (Å²) in [5, 5.41) is 10.3. The number of halogens is 1. The van der Waals surface area contributed by atoms with E-state index in [0.29, 0.717) is 16.8 Å². The van der Waals surface area contributed by atoms with Gasteiger partial charge in [-0.25, -0.2) is 9.37 Å². The van der Waals surface area contributed by atoms with Crippen molar-refractivity contribution in [3.05, 3.63) is 71.4 Å². The Hall–Kier alpha value is -2.20. The number of pyridine rings is 1. The van der Waals surface area contributed by atoms with Crippen molar-refractivity contribution >= 4 is 5.65 Å². The molecule has 19 heavy (non-hydrogen) atoms. The van der Waals surface area contributed by atoms with E-state index in [0.717, 1.165) is 5.65 Å². The molecule has 1 N–H and O–H groups in total. The Morgan fingerprint density at radius 2 is 2.11 bits per heavy atom. The molecule has 0 fully saturated rings. The second kappa shape index (κ2) is 4.48. The van der Waals surface area contributed by atoms with Crippen molar-refractivity contribution < 1.29 is 9.50 Å². The van der Waals surface area contributed by atoms with Gasteiger partial charge in [-0.2, -0.15) is 0 Å². The Morgan fingerprint density at radius 1 is 1.26 bits per heavy atom. The lowest BCUT2D eigenvalue weighted by Crippen LogP contribution is -2.01. The van der Waals surface area contributed by atoms with Gasteiger partial charge in [0.25, 0.3) is 0 Å². The molecule has 1 unspecified atom stereocenters. The van der Waals surface area contributed by atoms with Crippen LogP contribution in [0.5, 0.6) is 0 Å². The molecule has 0 spiro atoms. The van der Waals surface area contributed by atoms with Crippen LogP contribution in [0, 0.1) is 12.7 Å². The Bertz CT molecular complexity index is 703. The zero-order chi connectivity index (χ0) is 13.4. The Kier molecular flexibility index (Phi) is 2.80. The number of aryl methyl sites for hydroxylation is 1. The van der Waals surface area contributed by atoms with E-state index < -0.39 is 6.10 Å². The number of fused-ring (bicyclic) bond motifs is 1. The van der Waals surface area contributed by atoms with Gasteiger partial charge in [0.2, 0.25) is 0 Å². The minimum absolute atomic E-state index is 0.319. The summed E-state index contributed by atoms with van der Waals surface area (Å²) in [7, 11) is 0. The zero-order valence-electron chi connectivity index (χ0n) is 10.4. The first-order valence-corrected chi connectivity index (χ1v) is 6.03. The molecule has 2 aromatic heterocycles. The predicted octanol–water partition coefficient (Wildman–Crippen LogP) is 2.86. The van der Waals surface area contributed by atoms with Crippen LogP contribution in [0.1, 0.15) is 22.9 Å². The van der Waals surface area contributed by atoms with Gasteiger partial charge in [0.15, 0.2) is 0 Å². The van der Waals surface area contributed by atoms with Crippen molar-refractivity contribution in [2.45, 2.75) is 13.0 Å². The number of aromatic nitrogens is 2. The summed E-state index contributed by atoms with van der Waals surface area (Å²) in [5.41, 5.74) is 2.33. The number of aliphatic hydroxyl groups excluding tert-OH is 1. The molecule has 3 nitrogen and oxygen atoms in total. The highest BCUT2D eigenvalue weighted by Crippen LogP contribution is 2.23. The summed E-state index contributed by atoms with van der Waals surface area (Å²) >= 11 is 0. The number of hydrogen-bond acceptors (Lipinski definition) is 2. The molecule has 1 aromatic carbocycles. The molecule has 0 aliphatic rings. The van der Waals surface area contributed by atoms with Crippen LogP contribution in [-0.4, -0.2) is 14.5 Å². The van der Waals surface area contributed by atoms with Crippen molar-refractivity contribution in [3.8, 4) is 0 Å². The summed E-state index contributed by atoms with van der Waals surface area (Å²) < 4.78 is 15.3. The third-order valence-corrected chi connectivity index (χ3v) is 3.17. The second-order valence-corrected chi connectivity index (χ2v) is 4.54. The van der Waals surface area contributed by atoms with Gasteiger partial charge in [-0.3, -0.25) is 0 Å². The van der Waals surface area contributed by atoms with Gasteiger partial charge < -0.3 is 9.51 Å². The Labute approximate surface area is 110 Å². The van der Waals surface area contributed by atoms with E-state index >= 15 is 0 Å². The van der Waals surface area contributed by atoms with Crippen molar-refractivity contribution in [2.24, 2.45) is 0 Å². The van der Waals surface area contributed by atoms with Crippen molar-refractivity contribution in [1.82, 2.24) is 9.38 Å². The standard InChI is InChI=1S/C15H13FN2O/c1-10-5-6-11(8-12(10)16)15(19)13-9-18-7-3-2-4-14(18)17-13/h2-9,15,19H,1H3. The molecule has 3 rings (SSSR count). The van der Waals surface area contributed by atoms with Gasteiger partial charge in [0.1, 0.15) is 17.6 Å². The topological polar surface area (TPSA) is 37.5 Å². The number of imidazole rings is 1. The van der Waals surface area contributed by atoms with Crippen LogP contribution in [0.25, 0.3) is 5.65 Å². The van der Waals surface area contributed by atoms with E-state index in [1.54, 1.807) is 25.3 Å². The molecule has 0 saturated heterocycles. The fraction of sp³-hybridized carbons (Fsp3) is 0.133. The Morgan fingerprint density at radius 3 is 2.84 bits per heavy atom. The SMILES string of the molecule is Cc1ccc(C(O)c2cn3ccccc3n2)cc1F. The Balaban J connectivity index is 2.02. The normalized spacial score (nSPS) is 12.8. The largest absolute Gasteiger partial charge is 0.382 e. The van der Waals surface area contributed by atoms with Gasteiger partial charge in [0, 0.05) is 12.4 Å². The van der Waals surface area contributed by atoms with Gasteiger partial charge in [-0.15, -0.1) is 0 Å².